The molecule has 0 aliphatic carbocycles. The smallest absolute Gasteiger partial charge is 0.246 e. The fourth-order valence-electron chi connectivity index (χ4n) is 1.98. The number of hydrogen-bond acceptors (Lipinski definition) is 6. The molecule has 8 nitrogen and oxygen atoms in total. The van der Waals surface area contributed by atoms with Crippen LogP contribution in [0.4, 0.5) is 0 Å². The molecule has 0 unspecified atom stereocenters. The highest BCUT2D eigenvalue weighted by Gasteiger charge is 2.30. The molecule has 0 spiro atoms. The molecule has 1 aromatic rings. The largest absolute Gasteiger partial charge is 0.390 e. The van der Waals surface area contributed by atoms with Crippen LogP contribution in [-0.4, -0.2) is 68.5 Å². The summed E-state index contributed by atoms with van der Waals surface area (Å²) in [7, 11) is -0.656. The Kier molecular flexibility index (Phi) is 7.26. The number of hydrogen-bond donors (Lipinski definition) is 2. The molecule has 0 saturated heterocycles. The zero-order valence-corrected chi connectivity index (χ0v) is 13.4. The van der Waals surface area contributed by atoms with Crippen molar-refractivity contribution >= 4 is 10.0 Å². The van der Waals surface area contributed by atoms with E-state index in [-0.39, 0.29) is 23.7 Å². The molecule has 0 fully saturated rings. The Morgan fingerprint density at radius 2 is 1.90 bits per heavy atom. The first kappa shape index (κ1) is 18.1. The summed E-state index contributed by atoms with van der Waals surface area (Å²) in [5.41, 5.74) is 0.537. The maximum Gasteiger partial charge on any atom is 0.246 e. The van der Waals surface area contributed by atoms with Crippen molar-refractivity contribution in [1.29, 1.82) is 0 Å². The van der Waals surface area contributed by atoms with Gasteiger partial charge >= 0.3 is 0 Å². The van der Waals surface area contributed by atoms with Crippen LogP contribution in [0.15, 0.2) is 4.90 Å². The van der Waals surface area contributed by atoms with Gasteiger partial charge in [-0.05, 0) is 13.3 Å². The van der Waals surface area contributed by atoms with Crippen LogP contribution in [0.25, 0.3) is 0 Å². The van der Waals surface area contributed by atoms with Crippen molar-refractivity contribution in [3.05, 3.63) is 11.4 Å². The van der Waals surface area contributed by atoms with Gasteiger partial charge in [-0.15, -0.1) is 0 Å². The number of aromatic amines is 1. The average molecular weight is 321 g/mol. The van der Waals surface area contributed by atoms with E-state index in [0.717, 1.165) is 0 Å². The van der Waals surface area contributed by atoms with E-state index in [1.165, 1.54) is 11.4 Å². The lowest BCUT2D eigenvalue weighted by atomic mass is 10.4. The third-order valence-corrected chi connectivity index (χ3v) is 5.11. The third kappa shape index (κ3) is 4.48. The molecule has 0 aliphatic rings. The van der Waals surface area contributed by atoms with Crippen LogP contribution in [0.5, 0.6) is 0 Å². The maximum atomic E-state index is 12.8. The van der Waals surface area contributed by atoms with Gasteiger partial charge in [0, 0.05) is 33.9 Å². The first-order valence-electron chi connectivity index (χ1n) is 6.61. The van der Waals surface area contributed by atoms with Gasteiger partial charge in [-0.3, -0.25) is 5.10 Å². The molecule has 0 radical (unpaired) electrons. The Bertz CT molecular complexity index is 529. The number of rotatable bonds is 10. The van der Waals surface area contributed by atoms with Crippen LogP contribution in [0.3, 0.4) is 0 Å². The molecule has 21 heavy (non-hydrogen) atoms. The second-order valence-electron chi connectivity index (χ2n) is 4.53. The van der Waals surface area contributed by atoms with Gasteiger partial charge in [0.15, 0.2) is 0 Å². The van der Waals surface area contributed by atoms with Gasteiger partial charge < -0.3 is 14.6 Å². The molecule has 1 rings (SSSR count). The topological polar surface area (TPSA) is 105 Å². The van der Waals surface area contributed by atoms with Crippen LogP contribution in [0.2, 0.25) is 0 Å². The zero-order chi connectivity index (χ0) is 15.9. The maximum absolute atomic E-state index is 12.8. The first-order chi connectivity index (χ1) is 9.98. The number of sulfonamides is 1. The molecule has 1 heterocycles. The second-order valence-corrected chi connectivity index (χ2v) is 6.40. The number of H-pyrrole nitrogens is 1. The molecule has 0 amide bonds. The van der Waals surface area contributed by atoms with E-state index in [1.807, 2.05) is 0 Å². The van der Waals surface area contributed by atoms with Crippen LogP contribution >= 0.6 is 0 Å². The molecule has 2 N–H and O–H groups in total. The van der Waals surface area contributed by atoms with Crippen molar-refractivity contribution in [2.45, 2.75) is 24.8 Å². The van der Waals surface area contributed by atoms with Gasteiger partial charge in [0.05, 0.1) is 18.9 Å². The number of ether oxygens (including phenoxy) is 2. The summed E-state index contributed by atoms with van der Waals surface area (Å²) < 4.78 is 36.8. The lowest BCUT2D eigenvalue weighted by molar-refractivity contribution is 0.164. The van der Waals surface area contributed by atoms with E-state index in [0.29, 0.717) is 25.3 Å². The quantitative estimate of drug-likeness (QED) is 0.582. The molecular formula is C12H23N3O5S. The molecule has 0 aromatic carbocycles. The van der Waals surface area contributed by atoms with E-state index < -0.39 is 16.6 Å². The van der Waals surface area contributed by atoms with Crippen LogP contribution in [0, 0.1) is 6.92 Å². The van der Waals surface area contributed by atoms with Gasteiger partial charge in [0.1, 0.15) is 10.6 Å². The minimum Gasteiger partial charge on any atom is -0.390 e. The van der Waals surface area contributed by atoms with Crippen molar-refractivity contribution in [3.63, 3.8) is 0 Å². The van der Waals surface area contributed by atoms with Crippen molar-refractivity contribution in [3.8, 4) is 0 Å². The fourth-order valence-corrected chi connectivity index (χ4v) is 3.76. The number of aromatic nitrogens is 2. The SMILES string of the molecule is COCCCN(CCOC)S(=O)(=O)c1c(CO)n[nH]c1C. The molecule has 0 aliphatic heterocycles. The van der Waals surface area contributed by atoms with Gasteiger partial charge in [0.25, 0.3) is 0 Å². The minimum atomic E-state index is -3.74. The fraction of sp³-hybridized carbons (Fsp3) is 0.750. The van der Waals surface area contributed by atoms with Crippen LogP contribution in [0.1, 0.15) is 17.8 Å². The summed E-state index contributed by atoms with van der Waals surface area (Å²) in [6.45, 7) is 2.48. The second kappa shape index (κ2) is 8.44. The number of aliphatic hydroxyl groups excluding tert-OH is 1. The summed E-state index contributed by atoms with van der Waals surface area (Å²) in [4.78, 5) is 0.0403. The van der Waals surface area contributed by atoms with Crippen LogP contribution in [-0.2, 0) is 26.1 Å². The summed E-state index contributed by atoms with van der Waals surface area (Å²) >= 11 is 0. The number of nitrogens with one attached hydrogen (secondary N) is 1. The van der Waals surface area contributed by atoms with Gasteiger partial charge in [-0.1, -0.05) is 0 Å². The van der Waals surface area contributed by atoms with E-state index in [2.05, 4.69) is 10.2 Å². The van der Waals surface area contributed by atoms with Crippen molar-refractivity contribution in [2.75, 3.05) is 40.5 Å². The van der Waals surface area contributed by atoms with Crippen LogP contribution < -0.4 is 0 Å². The monoisotopic (exact) mass is 321 g/mol. The summed E-state index contributed by atoms with van der Waals surface area (Å²) in [6.07, 6.45) is 0.574. The van der Waals surface area contributed by atoms with E-state index in [4.69, 9.17) is 9.47 Å². The molecule has 1 aromatic heterocycles. The van der Waals surface area contributed by atoms with E-state index in [1.54, 1.807) is 14.0 Å². The van der Waals surface area contributed by atoms with Crippen molar-refractivity contribution < 1.29 is 23.0 Å². The highest BCUT2D eigenvalue weighted by molar-refractivity contribution is 7.89. The first-order valence-corrected chi connectivity index (χ1v) is 8.05. The lowest BCUT2D eigenvalue weighted by Crippen LogP contribution is -2.36. The Morgan fingerprint density at radius 3 is 2.48 bits per heavy atom. The zero-order valence-electron chi connectivity index (χ0n) is 12.6. The Labute approximate surface area is 125 Å². The normalized spacial score (nSPS) is 12.2. The third-order valence-electron chi connectivity index (χ3n) is 3.01. The van der Waals surface area contributed by atoms with Gasteiger partial charge in [-0.25, -0.2) is 8.42 Å². The minimum absolute atomic E-state index is 0.0403. The standard InChI is InChI=1S/C12H23N3O5S/c1-10-12(11(9-16)14-13-10)21(17,18)15(6-8-20-3)5-4-7-19-2/h16H,4-9H2,1-3H3,(H,13,14). The predicted molar refractivity (Wildman–Crippen MR) is 76.4 cm³/mol. The molecule has 9 heteroatoms. The highest BCUT2D eigenvalue weighted by Crippen LogP contribution is 2.22. The molecule has 0 atom stereocenters. The number of aliphatic hydroxyl groups is 1. The lowest BCUT2D eigenvalue weighted by Gasteiger charge is -2.22. The summed E-state index contributed by atoms with van der Waals surface area (Å²) in [5, 5.41) is 15.7. The van der Waals surface area contributed by atoms with Gasteiger partial charge in [0.2, 0.25) is 10.0 Å². The highest BCUT2D eigenvalue weighted by atomic mass is 32.2. The number of methoxy groups -OCH3 is 2. The van der Waals surface area contributed by atoms with E-state index in [9.17, 15) is 13.5 Å². The van der Waals surface area contributed by atoms with E-state index >= 15 is 0 Å². The molecule has 122 valence electrons. The average Bonchev–Trinajstić information content (AvgIpc) is 2.84. The van der Waals surface area contributed by atoms with Gasteiger partial charge in [-0.2, -0.15) is 9.40 Å². The number of nitrogens with zero attached hydrogens (tertiary/aromatic N) is 2. The molecular weight excluding hydrogens is 298 g/mol. The summed E-state index contributed by atoms with van der Waals surface area (Å²) in [6, 6.07) is 0. The Balaban J connectivity index is 3.04. The summed E-state index contributed by atoms with van der Waals surface area (Å²) in [5.74, 6) is 0. The molecule has 0 bridgehead atoms. The molecule has 0 saturated carbocycles. The van der Waals surface area contributed by atoms with Crippen molar-refractivity contribution in [1.82, 2.24) is 14.5 Å². The number of aryl methyl sites for hydroxylation is 1. The predicted octanol–water partition coefficient (Wildman–Crippen LogP) is -0.116. The Hall–Kier alpha value is -1.00. The van der Waals surface area contributed by atoms with Crippen molar-refractivity contribution in [2.24, 2.45) is 0 Å². The Morgan fingerprint density at radius 1 is 1.24 bits per heavy atom.